The number of nitrogens with one attached hydrogen (secondary N) is 1. The van der Waals surface area contributed by atoms with Crippen LogP contribution in [0.4, 0.5) is 0 Å². The minimum Gasteiger partial charge on any atom is -0.489 e. The highest BCUT2D eigenvalue weighted by Gasteiger charge is 2.55. The molecule has 0 radical (unpaired) electrons. The van der Waals surface area contributed by atoms with E-state index in [0.29, 0.717) is 30.0 Å². The van der Waals surface area contributed by atoms with Crippen molar-refractivity contribution in [1.82, 2.24) is 4.72 Å². The number of fused-ring (bicyclic) bond motifs is 5. The molecular formula is C33H41NO2S. The average Bonchev–Trinajstić information content (AvgIpc) is 3.27. The van der Waals surface area contributed by atoms with Gasteiger partial charge in [0.25, 0.3) is 0 Å². The number of ether oxygens (including phenoxy) is 1. The van der Waals surface area contributed by atoms with Gasteiger partial charge in [0.15, 0.2) is 0 Å². The summed E-state index contributed by atoms with van der Waals surface area (Å²) in [5.41, 5.74) is 6.01. The SMILES string of the molecule is CC1C=CC(COc2ccc3c(c2)CCC2C3CCC3(C)C(OSNCc4ccccc4)CCC23)=CC1. The number of rotatable bonds is 8. The summed E-state index contributed by atoms with van der Waals surface area (Å²) >= 11 is 1.46. The van der Waals surface area contributed by atoms with E-state index >= 15 is 0 Å². The van der Waals surface area contributed by atoms with Crippen molar-refractivity contribution in [1.29, 1.82) is 0 Å². The Morgan fingerprint density at radius 1 is 1.05 bits per heavy atom. The first-order valence-electron chi connectivity index (χ1n) is 14.3. The van der Waals surface area contributed by atoms with Gasteiger partial charge in [0.05, 0.1) is 18.3 Å². The standard InChI is InChI=1S/C33H41NO2S/c1-23-8-10-25(11-9-23)22-35-27-13-15-28-26(20-27)12-14-30-29(28)18-19-33(2)31(30)16-17-32(33)36-37-34-21-24-6-4-3-5-7-24/h3-8,10-11,13,15,20,23,29-32,34H,9,12,14,16-19,21-22H2,1-2H3. The van der Waals surface area contributed by atoms with Crippen molar-refractivity contribution in [3.8, 4) is 5.75 Å². The summed E-state index contributed by atoms with van der Waals surface area (Å²) in [4.78, 5) is 0. The highest BCUT2D eigenvalue weighted by Crippen LogP contribution is 2.62. The van der Waals surface area contributed by atoms with Crippen molar-refractivity contribution >= 4 is 12.2 Å². The number of hydrogen-bond acceptors (Lipinski definition) is 4. The van der Waals surface area contributed by atoms with Crippen LogP contribution < -0.4 is 9.46 Å². The van der Waals surface area contributed by atoms with Crippen molar-refractivity contribution < 1.29 is 8.92 Å². The van der Waals surface area contributed by atoms with Crippen LogP contribution in [0.25, 0.3) is 0 Å². The van der Waals surface area contributed by atoms with Gasteiger partial charge in [-0.1, -0.05) is 68.5 Å². The monoisotopic (exact) mass is 515 g/mol. The highest BCUT2D eigenvalue weighted by atomic mass is 32.2. The molecular weight excluding hydrogens is 474 g/mol. The van der Waals surface area contributed by atoms with Gasteiger partial charge in [0.1, 0.15) is 12.4 Å². The van der Waals surface area contributed by atoms with Crippen molar-refractivity contribution in [2.45, 2.75) is 77.4 Å². The molecule has 6 rings (SSSR count). The van der Waals surface area contributed by atoms with Gasteiger partial charge in [0, 0.05) is 6.54 Å². The van der Waals surface area contributed by atoms with E-state index in [2.05, 4.69) is 85.3 Å². The Kier molecular flexibility index (Phi) is 7.52. The normalized spacial score (nSPS) is 32.3. The van der Waals surface area contributed by atoms with E-state index in [1.165, 1.54) is 67.5 Å². The number of aryl methyl sites for hydroxylation is 1. The third-order valence-corrected chi connectivity index (χ3v) is 10.3. The average molecular weight is 516 g/mol. The fourth-order valence-electron chi connectivity index (χ4n) is 7.60. The molecule has 4 aliphatic rings. The number of benzene rings is 2. The Morgan fingerprint density at radius 3 is 2.78 bits per heavy atom. The van der Waals surface area contributed by atoms with Gasteiger partial charge in [0.2, 0.25) is 0 Å². The summed E-state index contributed by atoms with van der Waals surface area (Å²) in [7, 11) is 0. The first kappa shape index (κ1) is 25.3. The van der Waals surface area contributed by atoms with E-state index < -0.39 is 0 Å². The summed E-state index contributed by atoms with van der Waals surface area (Å²) in [5, 5.41) is 0. The minimum absolute atomic E-state index is 0.294. The Labute approximate surface area is 227 Å². The quantitative estimate of drug-likeness (QED) is 0.218. The Bertz CT molecular complexity index is 1140. The molecule has 196 valence electrons. The van der Waals surface area contributed by atoms with Gasteiger partial charge in [-0.3, -0.25) is 4.18 Å². The molecule has 0 amide bonds. The van der Waals surface area contributed by atoms with Crippen LogP contribution in [-0.2, 0) is 17.1 Å². The summed E-state index contributed by atoms with van der Waals surface area (Å²) in [6, 6.07) is 17.5. The maximum atomic E-state index is 6.42. The maximum absolute atomic E-state index is 6.42. The van der Waals surface area contributed by atoms with Crippen molar-refractivity contribution in [2.24, 2.45) is 23.2 Å². The molecule has 4 heteroatoms. The predicted molar refractivity (Wildman–Crippen MR) is 153 cm³/mol. The van der Waals surface area contributed by atoms with E-state index in [0.717, 1.165) is 30.6 Å². The van der Waals surface area contributed by atoms with Gasteiger partial charge in [-0.25, -0.2) is 4.72 Å². The smallest absolute Gasteiger partial charge is 0.120 e. The predicted octanol–water partition coefficient (Wildman–Crippen LogP) is 8.18. The van der Waals surface area contributed by atoms with Crippen molar-refractivity contribution in [2.75, 3.05) is 6.61 Å². The van der Waals surface area contributed by atoms with Gasteiger partial charge in [-0.05, 0) is 108 Å². The molecule has 2 aromatic carbocycles. The minimum atomic E-state index is 0.294. The zero-order valence-electron chi connectivity index (χ0n) is 22.3. The van der Waals surface area contributed by atoms with Gasteiger partial charge in [-0.2, -0.15) is 0 Å². The lowest BCUT2D eigenvalue weighted by Crippen LogP contribution is -2.44. The van der Waals surface area contributed by atoms with E-state index in [-0.39, 0.29) is 0 Å². The molecule has 2 saturated carbocycles. The Balaban J connectivity index is 1.06. The van der Waals surface area contributed by atoms with Crippen LogP contribution in [0, 0.1) is 23.2 Å². The third-order valence-electron chi connectivity index (χ3n) is 9.75. The Hall–Kier alpha value is -2.01. The van der Waals surface area contributed by atoms with Crippen LogP contribution in [0.15, 0.2) is 72.3 Å². The lowest BCUT2D eigenvalue weighted by molar-refractivity contribution is -0.00324. The molecule has 4 aliphatic carbocycles. The second kappa shape index (κ2) is 11.0. The molecule has 37 heavy (non-hydrogen) atoms. The molecule has 0 heterocycles. The fourth-order valence-corrected chi connectivity index (χ4v) is 8.33. The first-order chi connectivity index (χ1) is 18.1. The topological polar surface area (TPSA) is 30.5 Å². The number of allylic oxidation sites excluding steroid dienone is 2. The van der Waals surface area contributed by atoms with Gasteiger partial charge in [-0.15, -0.1) is 0 Å². The van der Waals surface area contributed by atoms with Crippen LogP contribution in [0.5, 0.6) is 5.75 Å². The fraction of sp³-hybridized carbons (Fsp3) is 0.515. The molecule has 6 unspecified atom stereocenters. The molecule has 0 saturated heterocycles. The third kappa shape index (κ3) is 5.30. The molecule has 0 aromatic heterocycles. The molecule has 2 aromatic rings. The number of hydrogen-bond donors (Lipinski definition) is 1. The van der Waals surface area contributed by atoms with Gasteiger partial charge >= 0.3 is 0 Å². The van der Waals surface area contributed by atoms with Crippen LogP contribution in [0.1, 0.15) is 75.0 Å². The van der Waals surface area contributed by atoms with Crippen molar-refractivity contribution in [3.05, 3.63) is 89.0 Å². The summed E-state index contributed by atoms with van der Waals surface area (Å²) in [6.45, 7) is 6.29. The second-order valence-corrected chi connectivity index (χ2v) is 12.7. The summed E-state index contributed by atoms with van der Waals surface area (Å²) in [6.07, 6.45) is 15.8. The lowest BCUT2D eigenvalue weighted by Gasteiger charge is -2.50. The van der Waals surface area contributed by atoms with Crippen LogP contribution in [0.2, 0.25) is 0 Å². The summed E-state index contributed by atoms with van der Waals surface area (Å²) in [5.74, 6) is 3.93. The Morgan fingerprint density at radius 2 is 1.95 bits per heavy atom. The van der Waals surface area contributed by atoms with Crippen molar-refractivity contribution in [3.63, 3.8) is 0 Å². The second-order valence-electron chi connectivity index (χ2n) is 12.0. The zero-order chi connectivity index (χ0) is 25.2. The van der Waals surface area contributed by atoms with Crippen LogP contribution in [-0.4, -0.2) is 12.7 Å². The molecule has 1 N–H and O–H groups in total. The maximum Gasteiger partial charge on any atom is 0.120 e. The molecule has 6 atom stereocenters. The first-order valence-corrected chi connectivity index (χ1v) is 15.1. The molecule has 2 fully saturated rings. The van der Waals surface area contributed by atoms with E-state index in [4.69, 9.17) is 8.92 Å². The zero-order valence-corrected chi connectivity index (χ0v) is 23.1. The van der Waals surface area contributed by atoms with Gasteiger partial charge < -0.3 is 4.74 Å². The van der Waals surface area contributed by atoms with E-state index in [1.807, 2.05) is 0 Å². The lowest BCUT2D eigenvalue weighted by atomic mass is 9.55. The molecule has 0 aliphatic heterocycles. The molecule has 3 nitrogen and oxygen atoms in total. The van der Waals surface area contributed by atoms with Crippen LogP contribution >= 0.6 is 12.2 Å². The molecule has 0 bridgehead atoms. The molecule has 0 spiro atoms. The van der Waals surface area contributed by atoms with E-state index in [1.54, 1.807) is 5.56 Å². The van der Waals surface area contributed by atoms with E-state index in [9.17, 15) is 0 Å². The summed E-state index contributed by atoms with van der Waals surface area (Å²) < 4.78 is 16.1. The largest absolute Gasteiger partial charge is 0.489 e. The highest BCUT2D eigenvalue weighted by molar-refractivity contribution is 7.92. The van der Waals surface area contributed by atoms with Crippen LogP contribution in [0.3, 0.4) is 0 Å².